The zero-order valence-corrected chi connectivity index (χ0v) is 31.5. The molecule has 0 fully saturated rings. The van der Waals surface area contributed by atoms with E-state index in [-0.39, 0.29) is 0 Å². The Morgan fingerprint density at radius 1 is 0.250 bits per heavy atom. The van der Waals surface area contributed by atoms with Crippen molar-refractivity contribution in [3.05, 3.63) is 224 Å². The molecule has 2 heteroatoms. The third-order valence-electron chi connectivity index (χ3n) is 11.5. The Bertz CT molecular complexity index is 2970. The molecule has 0 atom stereocenters. The minimum absolute atomic E-state index is 1.15. The fourth-order valence-electron chi connectivity index (χ4n) is 9.10. The molecule has 0 radical (unpaired) electrons. The zero-order valence-electron chi connectivity index (χ0n) is 30.7. The van der Waals surface area contributed by atoms with Gasteiger partial charge in [0, 0.05) is 36.0 Å². The number of fused-ring (bicyclic) bond motifs is 11. The van der Waals surface area contributed by atoms with Crippen molar-refractivity contribution < 1.29 is 0 Å². The average molecular weight is 732 g/mol. The van der Waals surface area contributed by atoms with Gasteiger partial charge in [-0.05, 0) is 117 Å². The van der Waals surface area contributed by atoms with Crippen molar-refractivity contribution in [3.8, 4) is 50.2 Å². The highest BCUT2D eigenvalue weighted by Gasteiger charge is 2.34. The van der Waals surface area contributed by atoms with E-state index >= 15 is 0 Å². The lowest BCUT2D eigenvalue weighted by Crippen LogP contribution is -2.05. The van der Waals surface area contributed by atoms with Crippen molar-refractivity contribution in [3.63, 3.8) is 0 Å². The second kappa shape index (κ2) is 13.2. The number of para-hydroxylation sites is 1. The Morgan fingerprint density at radius 3 is 1.14 bits per heavy atom. The van der Waals surface area contributed by atoms with E-state index in [1.54, 1.807) is 0 Å². The number of aromatic nitrogens is 1. The molecule has 0 aliphatic heterocycles. The number of nitrogens with zero attached hydrogens (tertiary/aromatic N) is 1. The summed E-state index contributed by atoms with van der Waals surface area (Å²) >= 11 is 0. The van der Waals surface area contributed by atoms with Gasteiger partial charge in [0.15, 0.2) is 0 Å². The van der Waals surface area contributed by atoms with Crippen molar-refractivity contribution in [2.24, 2.45) is 0 Å². The fourth-order valence-corrected chi connectivity index (χ4v) is 13.0. The summed E-state index contributed by atoms with van der Waals surface area (Å²) in [6.45, 7) is 0. The summed E-state index contributed by atoms with van der Waals surface area (Å²) in [7, 11) is -1.84. The van der Waals surface area contributed by atoms with Gasteiger partial charge in [-0.3, -0.25) is 0 Å². The van der Waals surface area contributed by atoms with Crippen LogP contribution in [-0.2, 0) is 0 Å². The largest absolute Gasteiger partial charge is 0.309 e. The number of hydrogen-bond acceptors (Lipinski definition) is 0. The second-order valence-corrected chi connectivity index (χ2v) is 17.6. The van der Waals surface area contributed by atoms with Crippen molar-refractivity contribution in [1.82, 2.24) is 4.57 Å². The van der Waals surface area contributed by atoms with Gasteiger partial charge >= 0.3 is 0 Å². The number of hydrogen-bond donors (Lipinski definition) is 0. The van der Waals surface area contributed by atoms with Crippen molar-refractivity contribution in [2.45, 2.75) is 19.6 Å². The van der Waals surface area contributed by atoms with Crippen molar-refractivity contribution >= 4 is 31.8 Å². The van der Waals surface area contributed by atoms with Crippen LogP contribution in [0.3, 0.4) is 0 Å². The maximum absolute atomic E-state index is 2.49. The van der Waals surface area contributed by atoms with Gasteiger partial charge in [0.05, 0.1) is 11.0 Å². The first kappa shape index (κ1) is 32.6. The van der Waals surface area contributed by atoms with Crippen molar-refractivity contribution in [1.29, 1.82) is 0 Å². The highest BCUT2D eigenvalue weighted by molar-refractivity contribution is 8.34. The third kappa shape index (κ3) is 4.90. The highest BCUT2D eigenvalue weighted by Crippen LogP contribution is 2.73. The van der Waals surface area contributed by atoms with E-state index in [1.807, 2.05) is 0 Å². The quantitative estimate of drug-likeness (QED) is 0.166. The first-order chi connectivity index (χ1) is 27.8. The molecule has 0 N–H and O–H groups in total. The van der Waals surface area contributed by atoms with Crippen LogP contribution in [0.25, 0.3) is 72.0 Å². The molecule has 1 nitrogen and oxygen atoms in total. The highest BCUT2D eigenvalue weighted by atomic mass is 32.3. The number of benzene rings is 9. The molecule has 11 rings (SSSR count). The molecule has 264 valence electrons. The van der Waals surface area contributed by atoms with Crippen molar-refractivity contribution in [2.75, 3.05) is 0 Å². The van der Waals surface area contributed by atoms with Gasteiger partial charge in [-0.15, -0.1) is 10.0 Å². The minimum Gasteiger partial charge on any atom is -0.309 e. The maximum atomic E-state index is 2.49. The van der Waals surface area contributed by atoms with Gasteiger partial charge in [-0.25, -0.2) is 0 Å². The van der Waals surface area contributed by atoms with E-state index in [0.717, 1.165) is 5.69 Å². The predicted octanol–water partition coefficient (Wildman–Crippen LogP) is 15.1. The summed E-state index contributed by atoms with van der Waals surface area (Å²) < 4.78 is 2.47. The molecule has 0 saturated carbocycles. The van der Waals surface area contributed by atoms with Gasteiger partial charge in [-0.1, -0.05) is 152 Å². The standard InChI is InChI=1S/C54H37NS/c1-4-18-39(19-5-1)56(40-20-6-2-7-21-40,41-22-8-3-9-23-41)42-33-35-54-52(37-42)50-30-16-17-31-53(50)55(54)38-32-34-49-47-28-13-12-26-45(47)43-24-10-11-25-44(43)46-27-14-15-29-48(46)51(49)36-38/h1-37H. The van der Waals surface area contributed by atoms with E-state index in [0.29, 0.717) is 0 Å². The lowest BCUT2D eigenvalue weighted by molar-refractivity contribution is 1.18. The zero-order chi connectivity index (χ0) is 37.1. The van der Waals surface area contributed by atoms with E-state index in [2.05, 4.69) is 229 Å². The Labute approximate surface area is 329 Å². The van der Waals surface area contributed by atoms with Gasteiger partial charge in [0.1, 0.15) is 0 Å². The molecule has 0 spiro atoms. The molecule has 1 aromatic heterocycles. The molecule has 0 saturated heterocycles. The van der Waals surface area contributed by atoms with Crippen LogP contribution >= 0.6 is 10.0 Å². The predicted molar refractivity (Wildman–Crippen MR) is 236 cm³/mol. The van der Waals surface area contributed by atoms with Crippen LogP contribution in [-0.4, -0.2) is 4.57 Å². The summed E-state index contributed by atoms with van der Waals surface area (Å²) in [6, 6.07) is 83.3. The molecule has 1 aliphatic carbocycles. The molecular formula is C54H37NS. The Morgan fingerprint density at radius 2 is 0.643 bits per heavy atom. The van der Waals surface area contributed by atoms with Crippen LogP contribution in [0.2, 0.25) is 0 Å². The first-order valence-corrected chi connectivity index (χ1v) is 20.9. The maximum Gasteiger partial charge on any atom is 0.0541 e. The fraction of sp³-hybridized carbons (Fsp3) is 0. The summed E-state index contributed by atoms with van der Waals surface area (Å²) in [5.74, 6) is 0. The molecule has 0 amide bonds. The van der Waals surface area contributed by atoms with E-state index < -0.39 is 10.0 Å². The Kier molecular flexibility index (Phi) is 7.65. The smallest absolute Gasteiger partial charge is 0.0541 e. The summed E-state index contributed by atoms with van der Waals surface area (Å²) in [5.41, 5.74) is 13.6. The molecular weight excluding hydrogens is 695 g/mol. The average Bonchev–Trinajstić information content (AvgIpc) is 3.61. The third-order valence-corrected chi connectivity index (χ3v) is 15.4. The van der Waals surface area contributed by atoms with Crippen LogP contribution in [0.5, 0.6) is 0 Å². The SMILES string of the molecule is c1ccc(S(c2ccccc2)(c2ccccc2)c2ccc3c(c2)c2ccccc2n3-c2ccc3c(c2)-c2ccccc2-c2ccccc2-c2ccccc2-3)cc1. The van der Waals surface area contributed by atoms with Gasteiger partial charge in [0.2, 0.25) is 0 Å². The molecule has 9 aromatic carbocycles. The van der Waals surface area contributed by atoms with E-state index in [1.165, 1.54) is 85.9 Å². The monoisotopic (exact) mass is 731 g/mol. The topological polar surface area (TPSA) is 4.93 Å². The first-order valence-electron chi connectivity index (χ1n) is 19.3. The molecule has 56 heavy (non-hydrogen) atoms. The van der Waals surface area contributed by atoms with Gasteiger partial charge < -0.3 is 4.57 Å². The van der Waals surface area contributed by atoms with Gasteiger partial charge in [-0.2, -0.15) is 0 Å². The van der Waals surface area contributed by atoms with E-state index in [9.17, 15) is 0 Å². The Hall–Kier alpha value is -6.87. The number of rotatable bonds is 5. The lowest BCUT2D eigenvalue weighted by atomic mass is 9.81. The molecule has 0 unspecified atom stereocenters. The van der Waals surface area contributed by atoms with Crippen LogP contribution in [0.4, 0.5) is 0 Å². The van der Waals surface area contributed by atoms with Crippen LogP contribution in [0.15, 0.2) is 244 Å². The minimum atomic E-state index is -1.84. The second-order valence-electron chi connectivity index (χ2n) is 14.4. The summed E-state index contributed by atoms with van der Waals surface area (Å²) in [5, 5.41) is 2.50. The summed E-state index contributed by atoms with van der Waals surface area (Å²) in [4.78, 5) is 5.28. The molecule has 1 heterocycles. The molecule has 10 aromatic rings. The van der Waals surface area contributed by atoms with Crippen LogP contribution < -0.4 is 0 Å². The van der Waals surface area contributed by atoms with Crippen LogP contribution in [0, 0.1) is 0 Å². The molecule has 0 bridgehead atoms. The molecule has 1 aliphatic rings. The van der Waals surface area contributed by atoms with Crippen LogP contribution in [0.1, 0.15) is 0 Å². The normalized spacial score (nSPS) is 12.2. The lowest BCUT2D eigenvalue weighted by Gasteiger charge is -2.42. The summed E-state index contributed by atoms with van der Waals surface area (Å²) in [6.07, 6.45) is 0. The van der Waals surface area contributed by atoms with E-state index in [4.69, 9.17) is 0 Å². The Balaban J connectivity index is 1.18. The van der Waals surface area contributed by atoms with Gasteiger partial charge in [0.25, 0.3) is 0 Å².